The molecule has 0 aliphatic carbocycles. The van der Waals surface area contributed by atoms with Crippen molar-refractivity contribution in [3.8, 4) is 16.9 Å². The van der Waals surface area contributed by atoms with E-state index in [1.807, 2.05) is 13.8 Å². The number of nitrogens with one attached hydrogen (secondary N) is 1. The number of nitrogens with zero attached hydrogens (tertiary/aromatic N) is 5. The molecule has 36 heavy (non-hydrogen) atoms. The van der Waals surface area contributed by atoms with Crippen LogP contribution in [0.2, 0.25) is 5.02 Å². The van der Waals surface area contributed by atoms with Gasteiger partial charge in [0.25, 0.3) is 11.5 Å². The van der Waals surface area contributed by atoms with Gasteiger partial charge in [0, 0.05) is 36.3 Å². The molecule has 3 aromatic rings. The van der Waals surface area contributed by atoms with Gasteiger partial charge in [0.05, 0.1) is 24.7 Å². The molecule has 1 aromatic carbocycles. The largest absolute Gasteiger partial charge is 0.449 e. The summed E-state index contributed by atoms with van der Waals surface area (Å²) in [5, 5.41) is 12.2. The zero-order valence-electron chi connectivity index (χ0n) is 20.5. The highest BCUT2D eigenvalue weighted by molar-refractivity contribution is 6.30. The van der Waals surface area contributed by atoms with Gasteiger partial charge in [0.2, 0.25) is 0 Å². The number of carbonyl (C=O) groups excluding carboxylic acids is 2. The van der Waals surface area contributed by atoms with Gasteiger partial charge in [-0.1, -0.05) is 30.7 Å². The number of likely N-dealkylation sites (tertiary alicyclic amines) is 1. The van der Waals surface area contributed by atoms with Crippen LogP contribution >= 0.6 is 11.6 Å². The molecule has 1 aliphatic heterocycles. The number of hydrogen-bond donors (Lipinski definition) is 1. The second kappa shape index (κ2) is 10.5. The fourth-order valence-electron chi connectivity index (χ4n) is 4.04. The number of aromatic nitrogens is 4. The molecule has 190 valence electrons. The van der Waals surface area contributed by atoms with Crippen molar-refractivity contribution < 1.29 is 14.3 Å². The van der Waals surface area contributed by atoms with E-state index in [0.717, 1.165) is 6.42 Å². The Labute approximate surface area is 213 Å². The van der Waals surface area contributed by atoms with Crippen LogP contribution in [-0.4, -0.2) is 61.7 Å². The smallest absolute Gasteiger partial charge is 0.409 e. The van der Waals surface area contributed by atoms with Crippen molar-refractivity contribution in [2.75, 3.05) is 19.7 Å². The van der Waals surface area contributed by atoms with Crippen molar-refractivity contribution in [2.24, 2.45) is 7.05 Å². The van der Waals surface area contributed by atoms with Crippen LogP contribution in [0.3, 0.4) is 0 Å². The van der Waals surface area contributed by atoms with Gasteiger partial charge in [-0.15, -0.1) is 0 Å². The second-order valence-corrected chi connectivity index (χ2v) is 9.59. The van der Waals surface area contributed by atoms with Crippen LogP contribution in [0.5, 0.6) is 0 Å². The summed E-state index contributed by atoms with van der Waals surface area (Å²) in [6.07, 6.45) is 4.64. The summed E-state index contributed by atoms with van der Waals surface area (Å²) < 4.78 is 7.95. The molecule has 4 rings (SSSR count). The molecule has 0 radical (unpaired) electrons. The second-order valence-electron chi connectivity index (χ2n) is 9.16. The van der Waals surface area contributed by atoms with E-state index >= 15 is 0 Å². The summed E-state index contributed by atoms with van der Waals surface area (Å²) in [5.74, 6) is -0.500. The average molecular weight is 513 g/mol. The van der Waals surface area contributed by atoms with Crippen molar-refractivity contribution >= 4 is 23.6 Å². The van der Waals surface area contributed by atoms with Crippen LogP contribution in [0.25, 0.3) is 16.9 Å². The lowest BCUT2D eigenvalue weighted by Crippen LogP contribution is -2.55. The fourth-order valence-corrected chi connectivity index (χ4v) is 4.17. The molecule has 0 atom stereocenters. The van der Waals surface area contributed by atoms with Gasteiger partial charge in [0.1, 0.15) is 11.3 Å². The summed E-state index contributed by atoms with van der Waals surface area (Å²) in [5.41, 5.74) is 0.410. The molecule has 3 heterocycles. The normalized spacial score (nSPS) is 14.9. The Hall–Kier alpha value is -3.66. The lowest BCUT2D eigenvalue weighted by Gasteiger charge is -2.39. The lowest BCUT2D eigenvalue weighted by atomic mass is 9.89. The van der Waals surface area contributed by atoms with Crippen LogP contribution < -0.4 is 10.9 Å². The maximum atomic E-state index is 13.4. The Morgan fingerprint density at radius 1 is 1.19 bits per heavy atom. The van der Waals surface area contributed by atoms with E-state index in [4.69, 9.17) is 16.3 Å². The van der Waals surface area contributed by atoms with Crippen LogP contribution in [-0.2, 0) is 11.8 Å². The summed E-state index contributed by atoms with van der Waals surface area (Å²) in [6.45, 7) is 5.14. The van der Waals surface area contributed by atoms with Gasteiger partial charge >= 0.3 is 6.09 Å². The van der Waals surface area contributed by atoms with Crippen LogP contribution in [0.4, 0.5) is 4.79 Å². The maximum Gasteiger partial charge on any atom is 0.409 e. The van der Waals surface area contributed by atoms with Crippen LogP contribution in [0, 0.1) is 0 Å². The Morgan fingerprint density at radius 3 is 2.50 bits per heavy atom. The molecule has 1 fully saturated rings. The zero-order valence-corrected chi connectivity index (χ0v) is 21.3. The molecule has 1 saturated heterocycles. The Morgan fingerprint density at radius 2 is 1.89 bits per heavy atom. The van der Waals surface area contributed by atoms with Crippen molar-refractivity contribution in [3.05, 3.63) is 63.7 Å². The van der Waals surface area contributed by atoms with E-state index in [2.05, 4.69) is 15.5 Å². The first kappa shape index (κ1) is 25.4. The molecule has 2 amide bonds. The van der Waals surface area contributed by atoms with E-state index in [1.54, 1.807) is 47.1 Å². The topological polar surface area (TPSA) is 111 Å². The Bertz CT molecular complexity index is 1310. The molecule has 10 nitrogen and oxygen atoms in total. The molecule has 11 heteroatoms. The minimum absolute atomic E-state index is 0.0372. The molecule has 2 aromatic heterocycles. The van der Waals surface area contributed by atoms with Crippen molar-refractivity contribution in [2.45, 2.75) is 38.6 Å². The number of benzene rings is 1. The highest BCUT2D eigenvalue weighted by atomic mass is 35.5. The monoisotopic (exact) mass is 512 g/mol. The predicted octanol–water partition coefficient (Wildman–Crippen LogP) is 3.42. The van der Waals surface area contributed by atoms with Crippen LogP contribution in [0.1, 0.15) is 43.5 Å². The highest BCUT2D eigenvalue weighted by Crippen LogP contribution is 2.24. The molecule has 0 unspecified atom stereocenters. The van der Waals surface area contributed by atoms with Gasteiger partial charge in [0.15, 0.2) is 0 Å². The molecule has 1 N–H and O–H groups in total. The van der Waals surface area contributed by atoms with E-state index in [1.165, 1.54) is 16.9 Å². The number of amides is 2. The first-order valence-electron chi connectivity index (χ1n) is 11.8. The van der Waals surface area contributed by atoms with Crippen molar-refractivity contribution in [1.82, 2.24) is 29.8 Å². The van der Waals surface area contributed by atoms with E-state index < -0.39 is 17.0 Å². The molecule has 0 bridgehead atoms. The Balaban J connectivity index is 1.61. The Kier molecular flexibility index (Phi) is 7.44. The average Bonchev–Trinajstić information content (AvgIpc) is 3.29. The first-order valence-corrected chi connectivity index (χ1v) is 12.2. The standard InChI is InChI=1S/C25H29ClN6O4/c1-4-13-36-24(35)31-11-9-25(2,10-12-31)28-22(33)20-14-21(17-5-7-18(26)8-6-17)29-32(23(20)34)19-15-27-30(3)16-19/h5-8,14-16H,4,9-13H2,1-3H3,(H,28,33). The molecule has 0 saturated carbocycles. The number of ether oxygens (including phenoxy) is 1. The van der Waals surface area contributed by atoms with E-state index in [-0.39, 0.29) is 11.7 Å². The van der Waals surface area contributed by atoms with Gasteiger partial charge in [-0.3, -0.25) is 14.3 Å². The summed E-state index contributed by atoms with van der Waals surface area (Å²) in [4.78, 5) is 40.6. The number of aryl methyl sites for hydroxylation is 1. The fraction of sp³-hybridized carbons (Fsp3) is 0.400. The number of halogens is 1. The number of carbonyl (C=O) groups is 2. The number of rotatable bonds is 6. The van der Waals surface area contributed by atoms with Gasteiger partial charge in [-0.25, -0.2) is 4.79 Å². The van der Waals surface area contributed by atoms with Gasteiger partial charge in [-0.2, -0.15) is 14.9 Å². The SMILES string of the molecule is CCCOC(=O)N1CCC(C)(NC(=O)c2cc(-c3ccc(Cl)cc3)nn(-c3cnn(C)c3)c2=O)CC1. The number of piperidine rings is 1. The van der Waals surface area contributed by atoms with Crippen LogP contribution in [0.15, 0.2) is 47.5 Å². The predicted molar refractivity (Wildman–Crippen MR) is 135 cm³/mol. The quantitative estimate of drug-likeness (QED) is 0.541. The van der Waals surface area contributed by atoms with Gasteiger partial charge < -0.3 is 15.0 Å². The lowest BCUT2D eigenvalue weighted by molar-refractivity contribution is 0.0725. The first-order chi connectivity index (χ1) is 17.2. The molecular weight excluding hydrogens is 484 g/mol. The highest BCUT2D eigenvalue weighted by Gasteiger charge is 2.34. The van der Waals surface area contributed by atoms with E-state index in [0.29, 0.717) is 54.5 Å². The summed E-state index contributed by atoms with van der Waals surface area (Å²) in [7, 11) is 1.73. The number of hydrogen-bond acceptors (Lipinski definition) is 6. The maximum absolute atomic E-state index is 13.4. The van der Waals surface area contributed by atoms with Crippen molar-refractivity contribution in [3.63, 3.8) is 0 Å². The third-order valence-corrected chi connectivity index (χ3v) is 6.45. The minimum Gasteiger partial charge on any atom is -0.449 e. The molecular formula is C25H29ClN6O4. The third kappa shape index (κ3) is 5.59. The summed E-state index contributed by atoms with van der Waals surface area (Å²) in [6, 6.07) is 8.49. The van der Waals surface area contributed by atoms with E-state index in [9.17, 15) is 14.4 Å². The minimum atomic E-state index is -0.589. The van der Waals surface area contributed by atoms with Gasteiger partial charge in [-0.05, 0) is 44.4 Å². The third-order valence-electron chi connectivity index (χ3n) is 6.20. The molecule has 1 aliphatic rings. The molecule has 0 spiro atoms. The van der Waals surface area contributed by atoms with Crippen molar-refractivity contribution in [1.29, 1.82) is 0 Å². The summed E-state index contributed by atoms with van der Waals surface area (Å²) >= 11 is 6.03. The zero-order chi connectivity index (χ0) is 25.9.